The second-order valence-electron chi connectivity index (χ2n) is 7.40. The molecule has 2 nitrogen and oxygen atoms in total. The highest BCUT2D eigenvalue weighted by Gasteiger charge is 2.15. The third-order valence-electron chi connectivity index (χ3n) is 5.07. The van der Waals surface area contributed by atoms with Gasteiger partial charge in [0.2, 0.25) is 0 Å². The maximum atomic E-state index is 4.61. The predicted molar refractivity (Wildman–Crippen MR) is 114 cm³/mol. The minimum Gasteiger partial charge on any atom is -0.314 e. The van der Waals surface area contributed by atoms with Crippen LogP contribution in [0.1, 0.15) is 48.1 Å². The van der Waals surface area contributed by atoms with Crippen molar-refractivity contribution in [2.75, 3.05) is 6.54 Å². The van der Waals surface area contributed by atoms with Crippen LogP contribution in [0.3, 0.4) is 0 Å². The van der Waals surface area contributed by atoms with Gasteiger partial charge in [0.05, 0.1) is 0 Å². The molecule has 0 radical (unpaired) electrons. The number of benzene rings is 2. The third-order valence-corrected chi connectivity index (χ3v) is 5.07. The van der Waals surface area contributed by atoms with Gasteiger partial charge in [0.25, 0.3) is 0 Å². The number of pyridine rings is 1. The lowest BCUT2D eigenvalue weighted by Crippen LogP contribution is -2.29. The van der Waals surface area contributed by atoms with Gasteiger partial charge in [-0.25, -0.2) is 0 Å². The Morgan fingerprint density at radius 3 is 2.33 bits per heavy atom. The molecule has 0 fully saturated rings. The van der Waals surface area contributed by atoms with Crippen LogP contribution in [0.25, 0.3) is 0 Å². The zero-order valence-corrected chi connectivity index (χ0v) is 16.4. The quantitative estimate of drug-likeness (QED) is 0.509. The molecule has 0 spiro atoms. The van der Waals surface area contributed by atoms with Gasteiger partial charge < -0.3 is 5.32 Å². The Bertz CT molecular complexity index is 742. The fraction of sp³-hybridized carbons (Fsp3) is 0.320. The SMILES string of the molecule is Cc1ccc(CC(C)NCCCC(c2ccccc2)c2ccccn2)cc1. The van der Waals surface area contributed by atoms with Gasteiger partial charge in [-0.1, -0.05) is 66.2 Å². The second-order valence-corrected chi connectivity index (χ2v) is 7.40. The van der Waals surface area contributed by atoms with Crippen LogP contribution in [-0.2, 0) is 6.42 Å². The first kappa shape index (κ1) is 19.3. The van der Waals surface area contributed by atoms with E-state index >= 15 is 0 Å². The molecule has 0 saturated heterocycles. The van der Waals surface area contributed by atoms with Gasteiger partial charge in [0, 0.05) is 23.9 Å². The van der Waals surface area contributed by atoms with E-state index in [4.69, 9.17) is 0 Å². The summed E-state index contributed by atoms with van der Waals surface area (Å²) in [5.41, 5.74) is 5.23. The molecule has 0 aliphatic heterocycles. The highest BCUT2D eigenvalue weighted by Crippen LogP contribution is 2.27. The van der Waals surface area contributed by atoms with Crippen LogP contribution in [0.15, 0.2) is 79.0 Å². The van der Waals surface area contributed by atoms with Crippen LogP contribution in [0, 0.1) is 6.92 Å². The topological polar surface area (TPSA) is 24.9 Å². The maximum Gasteiger partial charge on any atom is 0.0478 e. The van der Waals surface area contributed by atoms with Crippen LogP contribution in [0.2, 0.25) is 0 Å². The molecule has 2 unspecified atom stereocenters. The van der Waals surface area contributed by atoms with Gasteiger partial charge >= 0.3 is 0 Å². The average molecular weight is 359 g/mol. The molecule has 1 aromatic heterocycles. The monoisotopic (exact) mass is 358 g/mol. The number of rotatable bonds is 9. The van der Waals surface area contributed by atoms with Gasteiger partial charge in [-0.15, -0.1) is 0 Å². The molecular formula is C25H30N2. The van der Waals surface area contributed by atoms with Gasteiger partial charge in [0.15, 0.2) is 0 Å². The fourth-order valence-corrected chi connectivity index (χ4v) is 3.56. The molecule has 3 rings (SSSR count). The Hall–Kier alpha value is -2.45. The van der Waals surface area contributed by atoms with Crippen molar-refractivity contribution in [2.24, 2.45) is 0 Å². The van der Waals surface area contributed by atoms with Crippen LogP contribution in [0.5, 0.6) is 0 Å². The molecule has 0 amide bonds. The molecule has 2 heteroatoms. The van der Waals surface area contributed by atoms with Crippen molar-refractivity contribution in [3.8, 4) is 0 Å². The summed E-state index contributed by atoms with van der Waals surface area (Å²) >= 11 is 0. The first-order valence-electron chi connectivity index (χ1n) is 9.97. The van der Waals surface area contributed by atoms with E-state index in [0.29, 0.717) is 12.0 Å². The smallest absolute Gasteiger partial charge is 0.0478 e. The molecule has 0 aliphatic rings. The average Bonchev–Trinajstić information content (AvgIpc) is 2.71. The van der Waals surface area contributed by atoms with E-state index in [1.807, 2.05) is 12.3 Å². The number of aromatic nitrogens is 1. The van der Waals surface area contributed by atoms with Crippen molar-refractivity contribution in [1.82, 2.24) is 10.3 Å². The lowest BCUT2D eigenvalue weighted by atomic mass is 9.90. The normalized spacial score (nSPS) is 13.3. The van der Waals surface area contributed by atoms with E-state index in [2.05, 4.69) is 90.9 Å². The Labute approximate surface area is 163 Å². The number of aryl methyl sites for hydroxylation is 1. The zero-order chi connectivity index (χ0) is 18.9. The minimum absolute atomic E-state index is 0.363. The van der Waals surface area contributed by atoms with E-state index in [0.717, 1.165) is 31.5 Å². The lowest BCUT2D eigenvalue weighted by molar-refractivity contribution is 0.514. The van der Waals surface area contributed by atoms with Crippen molar-refractivity contribution in [1.29, 1.82) is 0 Å². The van der Waals surface area contributed by atoms with Gasteiger partial charge in [-0.05, 0) is 62.9 Å². The molecule has 140 valence electrons. The van der Waals surface area contributed by atoms with Crippen molar-refractivity contribution >= 4 is 0 Å². The van der Waals surface area contributed by atoms with Crippen molar-refractivity contribution in [3.63, 3.8) is 0 Å². The van der Waals surface area contributed by atoms with Crippen LogP contribution in [-0.4, -0.2) is 17.6 Å². The van der Waals surface area contributed by atoms with E-state index in [1.54, 1.807) is 0 Å². The summed E-state index contributed by atoms with van der Waals surface area (Å²) in [6.45, 7) is 5.44. The van der Waals surface area contributed by atoms with Crippen molar-refractivity contribution < 1.29 is 0 Å². The standard InChI is InChI=1S/C25H30N2/c1-20-13-15-22(16-14-20)19-21(2)26-18-8-11-24(23-9-4-3-5-10-23)25-12-6-7-17-27-25/h3-7,9-10,12-17,21,24,26H,8,11,18-19H2,1-2H3. The first-order valence-corrected chi connectivity index (χ1v) is 9.97. The molecule has 2 aromatic carbocycles. The largest absolute Gasteiger partial charge is 0.314 e. The second kappa shape index (κ2) is 10.0. The molecule has 3 aromatic rings. The van der Waals surface area contributed by atoms with Gasteiger partial charge in [-0.3, -0.25) is 4.98 Å². The number of hydrogen-bond donors (Lipinski definition) is 1. The Balaban J connectivity index is 1.51. The molecular weight excluding hydrogens is 328 g/mol. The molecule has 1 heterocycles. The number of hydrogen-bond acceptors (Lipinski definition) is 2. The van der Waals surface area contributed by atoms with E-state index in [9.17, 15) is 0 Å². The summed E-state index contributed by atoms with van der Waals surface area (Å²) < 4.78 is 0. The molecule has 2 atom stereocenters. The molecule has 0 bridgehead atoms. The van der Waals surface area contributed by atoms with Crippen molar-refractivity contribution in [3.05, 3.63) is 101 Å². The Morgan fingerprint density at radius 2 is 1.63 bits per heavy atom. The van der Waals surface area contributed by atoms with E-state index in [-0.39, 0.29) is 0 Å². The fourth-order valence-electron chi connectivity index (χ4n) is 3.56. The van der Waals surface area contributed by atoms with Crippen LogP contribution < -0.4 is 5.32 Å². The van der Waals surface area contributed by atoms with Crippen molar-refractivity contribution in [2.45, 2.75) is 45.1 Å². The number of nitrogens with one attached hydrogen (secondary N) is 1. The maximum absolute atomic E-state index is 4.61. The summed E-state index contributed by atoms with van der Waals surface area (Å²) in [7, 11) is 0. The summed E-state index contributed by atoms with van der Waals surface area (Å²) in [5.74, 6) is 0.363. The summed E-state index contributed by atoms with van der Waals surface area (Å²) in [5, 5.41) is 3.68. The molecule has 27 heavy (non-hydrogen) atoms. The molecule has 1 N–H and O–H groups in total. The Kier molecular flexibility index (Phi) is 7.18. The lowest BCUT2D eigenvalue weighted by Gasteiger charge is -2.18. The van der Waals surface area contributed by atoms with Gasteiger partial charge in [0.1, 0.15) is 0 Å². The van der Waals surface area contributed by atoms with Gasteiger partial charge in [-0.2, -0.15) is 0 Å². The number of nitrogens with zero attached hydrogens (tertiary/aromatic N) is 1. The highest BCUT2D eigenvalue weighted by molar-refractivity contribution is 5.28. The molecule has 0 aliphatic carbocycles. The third kappa shape index (κ3) is 6.04. The first-order chi connectivity index (χ1) is 13.2. The minimum atomic E-state index is 0.363. The van der Waals surface area contributed by atoms with E-state index < -0.39 is 0 Å². The van der Waals surface area contributed by atoms with E-state index in [1.165, 1.54) is 16.7 Å². The molecule has 0 saturated carbocycles. The van der Waals surface area contributed by atoms with Crippen LogP contribution in [0.4, 0.5) is 0 Å². The zero-order valence-electron chi connectivity index (χ0n) is 16.4. The summed E-state index contributed by atoms with van der Waals surface area (Å²) in [6, 6.07) is 26.3. The summed E-state index contributed by atoms with van der Waals surface area (Å²) in [6.07, 6.45) is 5.20. The Morgan fingerprint density at radius 1 is 0.889 bits per heavy atom. The summed E-state index contributed by atoms with van der Waals surface area (Å²) in [4.78, 5) is 4.61. The predicted octanol–water partition coefficient (Wildman–Crippen LogP) is 5.52. The van der Waals surface area contributed by atoms with Crippen LogP contribution >= 0.6 is 0 Å². The highest BCUT2D eigenvalue weighted by atomic mass is 14.9.